The zero-order valence-electron chi connectivity index (χ0n) is 19.3. The number of hydrogen-bond donors (Lipinski definition) is 1. The highest BCUT2D eigenvalue weighted by atomic mass is 32.2. The third-order valence-corrected chi connectivity index (χ3v) is 5.90. The standard InChI is InChI=1S/C24H29N3O4S/c1-14(2)31-24(30)26-13-15(3)27(17(5)29)23-12-21(25-16(4)28)20(11-22(23)26)18-7-9-19(32-6)10-8-18/h7-12,14-15H,13H2,1-6H3,(H,25,28). The quantitative estimate of drug-likeness (QED) is 0.646. The molecule has 0 bridgehead atoms. The predicted molar refractivity (Wildman–Crippen MR) is 130 cm³/mol. The third-order valence-electron chi connectivity index (χ3n) is 5.16. The number of ether oxygens (including phenoxy) is 1. The van der Waals surface area contributed by atoms with Crippen LogP contribution in [0.5, 0.6) is 0 Å². The summed E-state index contributed by atoms with van der Waals surface area (Å²) < 4.78 is 5.47. The normalized spacial score (nSPS) is 15.4. The van der Waals surface area contributed by atoms with Gasteiger partial charge in [0.1, 0.15) is 0 Å². The largest absolute Gasteiger partial charge is 0.446 e. The van der Waals surface area contributed by atoms with Crippen molar-refractivity contribution in [1.29, 1.82) is 0 Å². The fourth-order valence-corrected chi connectivity index (χ4v) is 4.30. The SMILES string of the molecule is CSc1ccc(-c2cc3c(cc2NC(C)=O)N(C(C)=O)C(C)CN3C(=O)OC(C)C)cc1. The number of rotatable bonds is 4. The minimum atomic E-state index is -0.465. The molecule has 0 fully saturated rings. The van der Waals surface area contributed by atoms with Crippen LogP contribution < -0.4 is 15.1 Å². The van der Waals surface area contributed by atoms with Gasteiger partial charge in [0.05, 0.1) is 29.2 Å². The molecule has 32 heavy (non-hydrogen) atoms. The van der Waals surface area contributed by atoms with E-state index in [0.29, 0.717) is 23.6 Å². The van der Waals surface area contributed by atoms with Crippen LogP contribution in [0.1, 0.15) is 34.6 Å². The Morgan fingerprint density at radius 2 is 1.75 bits per heavy atom. The number of benzene rings is 2. The first-order valence-corrected chi connectivity index (χ1v) is 11.7. The second-order valence-corrected chi connectivity index (χ2v) is 8.96. The van der Waals surface area contributed by atoms with Crippen LogP contribution in [0.25, 0.3) is 11.1 Å². The summed E-state index contributed by atoms with van der Waals surface area (Å²) >= 11 is 1.64. The molecule has 8 heteroatoms. The van der Waals surface area contributed by atoms with E-state index >= 15 is 0 Å². The van der Waals surface area contributed by atoms with Gasteiger partial charge in [-0.1, -0.05) is 12.1 Å². The Bertz CT molecular complexity index is 1040. The van der Waals surface area contributed by atoms with Gasteiger partial charge in [0, 0.05) is 30.9 Å². The van der Waals surface area contributed by atoms with Crippen molar-refractivity contribution in [2.24, 2.45) is 0 Å². The van der Waals surface area contributed by atoms with Crippen molar-refractivity contribution in [2.75, 3.05) is 27.9 Å². The summed E-state index contributed by atoms with van der Waals surface area (Å²) in [7, 11) is 0. The molecular weight excluding hydrogens is 426 g/mol. The monoisotopic (exact) mass is 455 g/mol. The molecule has 0 aliphatic carbocycles. The topological polar surface area (TPSA) is 79.0 Å². The molecule has 1 atom stereocenters. The second-order valence-electron chi connectivity index (χ2n) is 8.08. The molecule has 7 nitrogen and oxygen atoms in total. The number of carbonyl (C=O) groups excluding carboxylic acids is 3. The summed E-state index contributed by atoms with van der Waals surface area (Å²) in [6, 6.07) is 11.3. The Morgan fingerprint density at radius 3 is 2.28 bits per heavy atom. The van der Waals surface area contributed by atoms with Crippen LogP contribution in [0, 0.1) is 0 Å². The number of nitrogens with zero attached hydrogens (tertiary/aromatic N) is 2. The molecule has 2 aromatic rings. The molecular formula is C24H29N3O4S. The van der Waals surface area contributed by atoms with Gasteiger partial charge in [-0.3, -0.25) is 14.5 Å². The van der Waals surface area contributed by atoms with E-state index in [9.17, 15) is 14.4 Å². The predicted octanol–water partition coefficient (Wildman–Crippen LogP) is 5.14. The Balaban J connectivity index is 2.23. The summed E-state index contributed by atoms with van der Waals surface area (Å²) in [4.78, 5) is 41.7. The highest BCUT2D eigenvalue weighted by molar-refractivity contribution is 7.98. The molecule has 0 aromatic heterocycles. The van der Waals surface area contributed by atoms with E-state index in [1.165, 1.54) is 13.8 Å². The number of thioether (sulfide) groups is 1. The summed E-state index contributed by atoms with van der Waals surface area (Å²) in [5.41, 5.74) is 3.35. The van der Waals surface area contributed by atoms with E-state index in [0.717, 1.165) is 16.0 Å². The molecule has 1 unspecified atom stereocenters. The third kappa shape index (κ3) is 4.91. The lowest BCUT2D eigenvalue weighted by Crippen LogP contribution is -2.51. The first kappa shape index (κ1) is 23.7. The van der Waals surface area contributed by atoms with Gasteiger partial charge < -0.3 is 15.0 Å². The molecule has 0 radical (unpaired) electrons. The highest BCUT2D eigenvalue weighted by Gasteiger charge is 2.35. The summed E-state index contributed by atoms with van der Waals surface area (Å²) in [5.74, 6) is -0.359. The molecule has 0 saturated heterocycles. The Labute approximate surface area is 193 Å². The maximum atomic E-state index is 12.9. The lowest BCUT2D eigenvalue weighted by Gasteiger charge is -2.41. The number of hydrogen-bond acceptors (Lipinski definition) is 5. The van der Waals surface area contributed by atoms with Crippen LogP contribution in [-0.2, 0) is 14.3 Å². The van der Waals surface area contributed by atoms with Crippen LogP contribution >= 0.6 is 11.8 Å². The molecule has 170 valence electrons. The van der Waals surface area contributed by atoms with Crippen molar-refractivity contribution in [3.8, 4) is 11.1 Å². The Morgan fingerprint density at radius 1 is 1.09 bits per heavy atom. The van der Waals surface area contributed by atoms with Gasteiger partial charge in [0.15, 0.2) is 0 Å². The van der Waals surface area contributed by atoms with Gasteiger partial charge in [-0.25, -0.2) is 4.79 Å². The average molecular weight is 456 g/mol. The summed E-state index contributed by atoms with van der Waals surface area (Å²) in [5, 5.41) is 2.88. The van der Waals surface area contributed by atoms with Crippen LogP contribution in [0.2, 0.25) is 0 Å². The molecule has 2 aromatic carbocycles. The van der Waals surface area contributed by atoms with Gasteiger partial charge >= 0.3 is 6.09 Å². The number of fused-ring (bicyclic) bond motifs is 1. The number of carbonyl (C=O) groups is 3. The maximum absolute atomic E-state index is 12.9. The maximum Gasteiger partial charge on any atom is 0.414 e. The molecule has 3 rings (SSSR count). The van der Waals surface area contributed by atoms with E-state index < -0.39 is 6.09 Å². The Kier molecular flexibility index (Phi) is 7.13. The molecule has 1 N–H and O–H groups in total. The Hall–Kier alpha value is -3.00. The molecule has 1 aliphatic rings. The second kappa shape index (κ2) is 9.65. The van der Waals surface area contributed by atoms with Crippen LogP contribution in [0.15, 0.2) is 41.3 Å². The smallest absolute Gasteiger partial charge is 0.414 e. The first-order valence-electron chi connectivity index (χ1n) is 10.5. The average Bonchev–Trinajstić information content (AvgIpc) is 2.71. The minimum Gasteiger partial charge on any atom is -0.446 e. The molecule has 1 aliphatic heterocycles. The molecule has 1 heterocycles. The fourth-order valence-electron chi connectivity index (χ4n) is 3.89. The van der Waals surface area contributed by atoms with Gasteiger partial charge in [-0.15, -0.1) is 11.8 Å². The fraction of sp³-hybridized carbons (Fsp3) is 0.375. The molecule has 3 amide bonds. The lowest BCUT2D eigenvalue weighted by atomic mass is 9.98. The van der Waals surface area contributed by atoms with E-state index in [4.69, 9.17) is 4.74 Å². The van der Waals surface area contributed by atoms with Gasteiger partial charge in [0.2, 0.25) is 11.8 Å². The highest BCUT2D eigenvalue weighted by Crippen LogP contribution is 2.43. The number of nitrogens with one attached hydrogen (secondary N) is 1. The summed E-state index contributed by atoms with van der Waals surface area (Å²) in [6.07, 6.45) is 1.27. The van der Waals surface area contributed by atoms with Crippen LogP contribution in [0.4, 0.5) is 21.9 Å². The van der Waals surface area contributed by atoms with E-state index in [-0.39, 0.29) is 24.0 Å². The van der Waals surface area contributed by atoms with Crippen LogP contribution in [-0.4, -0.2) is 42.9 Å². The van der Waals surface area contributed by atoms with Crippen LogP contribution in [0.3, 0.4) is 0 Å². The van der Waals surface area contributed by atoms with Crippen molar-refractivity contribution < 1.29 is 19.1 Å². The van der Waals surface area contributed by atoms with Crippen molar-refractivity contribution in [2.45, 2.75) is 51.7 Å². The first-order chi connectivity index (χ1) is 15.1. The van der Waals surface area contributed by atoms with E-state index in [1.54, 1.807) is 41.5 Å². The zero-order chi connectivity index (χ0) is 23.6. The van der Waals surface area contributed by atoms with Gasteiger partial charge in [0.25, 0.3) is 0 Å². The van der Waals surface area contributed by atoms with Gasteiger partial charge in [-0.05, 0) is 56.9 Å². The minimum absolute atomic E-state index is 0.138. The molecule has 0 spiro atoms. The van der Waals surface area contributed by atoms with Crippen molar-refractivity contribution in [3.63, 3.8) is 0 Å². The van der Waals surface area contributed by atoms with Crippen molar-refractivity contribution in [3.05, 3.63) is 36.4 Å². The van der Waals surface area contributed by atoms with Crippen molar-refractivity contribution in [1.82, 2.24) is 0 Å². The number of anilines is 3. The lowest BCUT2D eigenvalue weighted by molar-refractivity contribution is -0.117. The zero-order valence-corrected chi connectivity index (χ0v) is 20.1. The molecule has 0 saturated carbocycles. The van der Waals surface area contributed by atoms with E-state index in [2.05, 4.69) is 5.32 Å². The van der Waals surface area contributed by atoms with E-state index in [1.807, 2.05) is 43.5 Å². The van der Waals surface area contributed by atoms with Crippen molar-refractivity contribution >= 4 is 46.7 Å². The number of amides is 3. The van der Waals surface area contributed by atoms with Gasteiger partial charge in [-0.2, -0.15) is 0 Å². The summed E-state index contributed by atoms with van der Waals surface area (Å²) in [6.45, 7) is 8.72.